The van der Waals surface area contributed by atoms with Gasteiger partial charge in [0.25, 0.3) is 0 Å². The van der Waals surface area contributed by atoms with Crippen molar-refractivity contribution >= 4 is 0 Å². The van der Waals surface area contributed by atoms with Crippen molar-refractivity contribution in [2.45, 2.75) is 6.10 Å². The van der Waals surface area contributed by atoms with Crippen LogP contribution in [0.15, 0.2) is 12.1 Å². The molecule has 0 spiro atoms. The molecule has 68 valence electrons. The molecule has 1 N–H and O–H groups in total. The predicted molar refractivity (Wildman–Crippen MR) is 40.1 cm³/mol. The number of hydrogen-bond donors (Lipinski definition) is 1. The van der Waals surface area contributed by atoms with Crippen LogP contribution in [0.3, 0.4) is 0 Å². The molecule has 0 aliphatic rings. The van der Waals surface area contributed by atoms with Crippen LogP contribution in [0.25, 0.3) is 0 Å². The first kappa shape index (κ1) is 9.62. The Morgan fingerprint density at radius 3 is 2.08 bits per heavy atom. The summed E-state index contributed by atoms with van der Waals surface area (Å²) >= 11 is 0. The molecule has 1 nitrogen and oxygen atoms in total. The van der Waals surface area contributed by atoms with Gasteiger partial charge in [-0.05, 0) is 17.7 Å². The van der Waals surface area contributed by atoms with Gasteiger partial charge in [0.15, 0.2) is 17.5 Å². The van der Waals surface area contributed by atoms with Gasteiger partial charge < -0.3 is 5.11 Å². The number of aliphatic hydroxyl groups excluding tert-OH is 1. The normalized spacial score (nSPS) is 12.2. The molecular weight excluding hydrogens is 181 g/mol. The van der Waals surface area contributed by atoms with E-state index >= 15 is 0 Å². The molecule has 1 aromatic rings. The van der Waals surface area contributed by atoms with Gasteiger partial charge in [-0.2, -0.15) is 0 Å². The summed E-state index contributed by atoms with van der Waals surface area (Å²) in [4.78, 5) is 0. The van der Waals surface area contributed by atoms with Crippen LogP contribution in [-0.2, 0) is 0 Å². The molecule has 0 bridgehead atoms. The van der Waals surface area contributed by atoms with E-state index in [-0.39, 0.29) is 5.56 Å². The van der Waals surface area contributed by atoms with Crippen molar-refractivity contribution in [3.63, 3.8) is 0 Å². The first-order valence-corrected chi connectivity index (χ1v) is 3.35. The summed E-state index contributed by atoms with van der Waals surface area (Å²) in [5.41, 5.74) is -0.182. The third-order valence-electron chi connectivity index (χ3n) is 1.48. The van der Waals surface area contributed by atoms with E-state index in [1.807, 2.05) is 5.92 Å². The topological polar surface area (TPSA) is 20.2 Å². The Bertz CT molecular complexity index is 345. The van der Waals surface area contributed by atoms with E-state index in [2.05, 4.69) is 0 Å². The van der Waals surface area contributed by atoms with E-state index in [0.29, 0.717) is 12.1 Å². The van der Waals surface area contributed by atoms with E-state index in [4.69, 9.17) is 11.5 Å². The Morgan fingerprint density at radius 2 is 1.69 bits per heavy atom. The molecule has 4 heteroatoms. The molecule has 1 unspecified atom stereocenters. The van der Waals surface area contributed by atoms with Crippen LogP contribution in [0.5, 0.6) is 0 Å². The summed E-state index contributed by atoms with van der Waals surface area (Å²) in [7, 11) is 0. The van der Waals surface area contributed by atoms with Crippen molar-refractivity contribution in [3.05, 3.63) is 35.1 Å². The maximum absolute atomic E-state index is 12.5. The van der Waals surface area contributed by atoms with Crippen LogP contribution < -0.4 is 0 Å². The SMILES string of the molecule is C#CC(O)c1cc(F)c(F)c(F)c1. The first-order valence-electron chi connectivity index (χ1n) is 3.35. The number of benzene rings is 1. The van der Waals surface area contributed by atoms with Gasteiger partial charge in [0.2, 0.25) is 0 Å². The molecule has 0 saturated heterocycles. The van der Waals surface area contributed by atoms with Crippen molar-refractivity contribution in [2.75, 3.05) is 0 Å². The van der Waals surface area contributed by atoms with Gasteiger partial charge in [0.1, 0.15) is 6.10 Å². The molecule has 0 aliphatic heterocycles. The number of aliphatic hydroxyl groups is 1. The Morgan fingerprint density at radius 1 is 1.23 bits per heavy atom. The van der Waals surface area contributed by atoms with E-state index < -0.39 is 23.6 Å². The molecule has 1 rings (SSSR count). The van der Waals surface area contributed by atoms with E-state index in [1.54, 1.807) is 0 Å². The standard InChI is InChI=1S/C9H5F3O/c1-2-8(13)5-3-6(10)9(12)7(11)4-5/h1,3-4,8,13H. The second-order valence-electron chi connectivity index (χ2n) is 2.37. The van der Waals surface area contributed by atoms with Crippen LogP contribution in [0.4, 0.5) is 13.2 Å². The maximum Gasteiger partial charge on any atom is 0.194 e. The average molecular weight is 186 g/mol. The average Bonchev–Trinajstić information content (AvgIpc) is 2.12. The Labute approximate surface area is 72.8 Å². The fourth-order valence-electron chi connectivity index (χ4n) is 0.829. The van der Waals surface area contributed by atoms with Gasteiger partial charge in [-0.25, -0.2) is 13.2 Å². The Hall–Kier alpha value is -1.47. The smallest absolute Gasteiger partial charge is 0.194 e. The summed E-state index contributed by atoms with van der Waals surface area (Å²) in [6, 6.07) is 1.31. The molecule has 0 amide bonds. The lowest BCUT2D eigenvalue weighted by molar-refractivity contribution is 0.236. The highest BCUT2D eigenvalue weighted by Crippen LogP contribution is 2.18. The van der Waals surface area contributed by atoms with Crippen LogP contribution in [0.2, 0.25) is 0 Å². The van der Waals surface area contributed by atoms with Crippen molar-refractivity contribution < 1.29 is 18.3 Å². The van der Waals surface area contributed by atoms with Crippen molar-refractivity contribution in [3.8, 4) is 12.3 Å². The monoisotopic (exact) mass is 186 g/mol. The molecule has 0 saturated carbocycles. The van der Waals surface area contributed by atoms with Crippen molar-refractivity contribution in [1.82, 2.24) is 0 Å². The number of hydrogen-bond acceptors (Lipinski definition) is 1. The molecule has 0 aliphatic carbocycles. The quantitative estimate of drug-likeness (QED) is 0.523. The Balaban J connectivity index is 3.22. The highest BCUT2D eigenvalue weighted by molar-refractivity contribution is 5.25. The Kier molecular flexibility index (Phi) is 2.59. The van der Waals surface area contributed by atoms with Crippen molar-refractivity contribution in [2.24, 2.45) is 0 Å². The first-order chi connectivity index (χ1) is 6.06. The van der Waals surface area contributed by atoms with E-state index in [1.165, 1.54) is 0 Å². The minimum absolute atomic E-state index is 0.182. The molecule has 0 aromatic heterocycles. The fraction of sp³-hybridized carbons (Fsp3) is 0.111. The molecule has 1 aromatic carbocycles. The van der Waals surface area contributed by atoms with Gasteiger partial charge in [-0.3, -0.25) is 0 Å². The highest BCUT2D eigenvalue weighted by atomic mass is 19.2. The summed E-state index contributed by atoms with van der Waals surface area (Å²) in [5, 5.41) is 8.98. The molecule has 0 fully saturated rings. The van der Waals surface area contributed by atoms with E-state index in [9.17, 15) is 13.2 Å². The molecule has 0 radical (unpaired) electrons. The number of halogens is 3. The van der Waals surface area contributed by atoms with Crippen molar-refractivity contribution in [1.29, 1.82) is 0 Å². The minimum Gasteiger partial charge on any atom is -0.376 e. The largest absolute Gasteiger partial charge is 0.376 e. The van der Waals surface area contributed by atoms with Gasteiger partial charge in [0, 0.05) is 0 Å². The van der Waals surface area contributed by atoms with Crippen LogP contribution in [0, 0.1) is 29.8 Å². The number of rotatable bonds is 1. The third kappa shape index (κ3) is 1.82. The predicted octanol–water partition coefficient (Wildman–Crippen LogP) is 1.77. The fourth-order valence-corrected chi connectivity index (χ4v) is 0.829. The molecule has 1 atom stereocenters. The summed E-state index contributed by atoms with van der Waals surface area (Å²) < 4.78 is 37.5. The second kappa shape index (κ2) is 3.50. The van der Waals surface area contributed by atoms with Gasteiger partial charge >= 0.3 is 0 Å². The second-order valence-corrected chi connectivity index (χ2v) is 2.37. The lowest BCUT2D eigenvalue weighted by Crippen LogP contribution is -1.99. The minimum atomic E-state index is -1.58. The van der Waals surface area contributed by atoms with Gasteiger partial charge in [-0.1, -0.05) is 5.92 Å². The van der Waals surface area contributed by atoms with Crippen LogP contribution >= 0.6 is 0 Å². The van der Waals surface area contributed by atoms with E-state index in [0.717, 1.165) is 0 Å². The van der Waals surface area contributed by atoms with Gasteiger partial charge in [-0.15, -0.1) is 6.42 Å². The summed E-state index contributed by atoms with van der Waals surface area (Å²) in [5.74, 6) is -2.46. The molecular formula is C9H5F3O. The summed E-state index contributed by atoms with van der Waals surface area (Å²) in [6.45, 7) is 0. The van der Waals surface area contributed by atoms with Crippen LogP contribution in [0.1, 0.15) is 11.7 Å². The summed E-state index contributed by atoms with van der Waals surface area (Å²) in [6.07, 6.45) is 3.38. The molecule has 0 heterocycles. The van der Waals surface area contributed by atoms with Gasteiger partial charge in [0.05, 0.1) is 0 Å². The lowest BCUT2D eigenvalue weighted by atomic mass is 10.1. The van der Waals surface area contributed by atoms with Crippen LogP contribution in [-0.4, -0.2) is 5.11 Å². The number of terminal acetylenes is 1. The molecule has 13 heavy (non-hydrogen) atoms. The highest BCUT2D eigenvalue weighted by Gasteiger charge is 2.13. The lowest BCUT2D eigenvalue weighted by Gasteiger charge is -2.04. The maximum atomic E-state index is 12.5. The zero-order valence-electron chi connectivity index (χ0n) is 6.39. The third-order valence-corrected chi connectivity index (χ3v) is 1.48. The zero-order valence-corrected chi connectivity index (χ0v) is 6.39. The zero-order chi connectivity index (χ0) is 10.0.